The van der Waals surface area contributed by atoms with Crippen LogP contribution in [0.5, 0.6) is 0 Å². The monoisotopic (exact) mass is 807 g/mol. The van der Waals surface area contributed by atoms with Crippen LogP contribution in [0.4, 0.5) is 17.1 Å². The minimum atomic E-state index is -0.136. The van der Waals surface area contributed by atoms with E-state index in [9.17, 15) is 0 Å². The number of fused-ring (bicyclic) bond motifs is 7. The van der Waals surface area contributed by atoms with E-state index >= 15 is 0 Å². The molecule has 0 bridgehead atoms. The van der Waals surface area contributed by atoms with Crippen molar-refractivity contribution in [3.63, 3.8) is 0 Å². The molecule has 9 aromatic carbocycles. The molecular weight excluding hydrogens is 767 g/mol. The van der Waals surface area contributed by atoms with Gasteiger partial charge in [0.05, 0.1) is 16.9 Å². The number of anilines is 3. The standard InChI is InChI=1S/C59H41N3O/c1-59(2)50-29-11-9-25-47(50)55-51(59)30-16-32-53(55)62(43-24-14-21-40(36-43)38-17-5-3-6-18-38)44-33-34-54-49(37-44)46-28-15-27-45(57(46)63-54)41-22-13-23-42(35-41)58-60-52-31-12-10-26-48(52)56(61-58)39-19-7-4-8-20-39/h3-37H,1-2H3. The topological polar surface area (TPSA) is 42.2 Å². The quantitative estimate of drug-likeness (QED) is 0.161. The third-order valence-electron chi connectivity index (χ3n) is 12.9. The van der Waals surface area contributed by atoms with Gasteiger partial charge in [-0.2, -0.15) is 0 Å². The third kappa shape index (κ3) is 6.06. The van der Waals surface area contributed by atoms with Gasteiger partial charge in [0.15, 0.2) is 5.82 Å². The van der Waals surface area contributed by atoms with Crippen LogP contribution >= 0.6 is 0 Å². The van der Waals surface area contributed by atoms with Gasteiger partial charge in [-0.25, -0.2) is 9.97 Å². The molecule has 298 valence electrons. The predicted molar refractivity (Wildman–Crippen MR) is 261 cm³/mol. The largest absolute Gasteiger partial charge is 0.455 e. The van der Waals surface area contributed by atoms with Crippen LogP contribution in [-0.2, 0) is 5.41 Å². The zero-order valence-corrected chi connectivity index (χ0v) is 35.0. The van der Waals surface area contributed by atoms with Gasteiger partial charge in [0.25, 0.3) is 0 Å². The fraction of sp³-hybridized carbons (Fsp3) is 0.0508. The molecular formula is C59H41N3O. The number of rotatable bonds is 7. The first-order valence-corrected chi connectivity index (χ1v) is 21.6. The van der Waals surface area contributed by atoms with Crippen LogP contribution in [0, 0.1) is 0 Å². The third-order valence-corrected chi connectivity index (χ3v) is 12.9. The summed E-state index contributed by atoms with van der Waals surface area (Å²) in [4.78, 5) is 12.7. The molecule has 0 amide bonds. The van der Waals surface area contributed by atoms with Gasteiger partial charge in [0, 0.05) is 55.2 Å². The highest BCUT2D eigenvalue weighted by Crippen LogP contribution is 2.54. The summed E-state index contributed by atoms with van der Waals surface area (Å²) in [6.07, 6.45) is 0. The van der Waals surface area contributed by atoms with Crippen molar-refractivity contribution in [1.29, 1.82) is 0 Å². The molecule has 0 N–H and O–H groups in total. The van der Waals surface area contributed by atoms with Crippen molar-refractivity contribution in [1.82, 2.24) is 9.97 Å². The van der Waals surface area contributed by atoms with Gasteiger partial charge in [-0.1, -0.05) is 178 Å². The van der Waals surface area contributed by atoms with Gasteiger partial charge in [-0.15, -0.1) is 0 Å². The fourth-order valence-electron chi connectivity index (χ4n) is 9.80. The lowest BCUT2D eigenvalue weighted by Gasteiger charge is -2.29. The van der Waals surface area contributed by atoms with E-state index < -0.39 is 0 Å². The Morgan fingerprint density at radius 2 is 1.06 bits per heavy atom. The van der Waals surface area contributed by atoms with Crippen LogP contribution in [0.3, 0.4) is 0 Å². The van der Waals surface area contributed by atoms with Crippen LogP contribution < -0.4 is 4.90 Å². The molecule has 0 saturated carbocycles. The van der Waals surface area contributed by atoms with E-state index in [-0.39, 0.29) is 5.41 Å². The second-order valence-corrected chi connectivity index (χ2v) is 16.9. The number of hydrogen-bond acceptors (Lipinski definition) is 4. The Labute approximate surface area is 366 Å². The van der Waals surface area contributed by atoms with Crippen LogP contribution in [0.1, 0.15) is 25.0 Å². The Kier molecular flexibility index (Phi) is 8.48. The fourth-order valence-corrected chi connectivity index (χ4v) is 9.80. The number of aromatic nitrogens is 2. The minimum absolute atomic E-state index is 0.136. The maximum Gasteiger partial charge on any atom is 0.160 e. The van der Waals surface area contributed by atoms with E-state index in [1.165, 1.54) is 33.4 Å². The summed E-state index contributed by atoms with van der Waals surface area (Å²) in [5.41, 5.74) is 18.3. The van der Waals surface area contributed by atoms with E-state index in [4.69, 9.17) is 14.4 Å². The number of para-hydroxylation sites is 2. The first-order valence-electron chi connectivity index (χ1n) is 21.6. The Balaban J connectivity index is 1.01. The van der Waals surface area contributed by atoms with Crippen LogP contribution in [0.25, 0.3) is 88.9 Å². The average Bonchev–Trinajstić information content (AvgIpc) is 3.83. The van der Waals surface area contributed by atoms with Gasteiger partial charge in [-0.3, -0.25) is 0 Å². The summed E-state index contributed by atoms with van der Waals surface area (Å²) < 4.78 is 6.84. The van der Waals surface area contributed by atoms with Gasteiger partial charge < -0.3 is 9.32 Å². The Bertz CT molecular complexity index is 3550. The summed E-state index contributed by atoms with van der Waals surface area (Å²) in [7, 11) is 0. The molecule has 2 aromatic heterocycles. The first-order chi connectivity index (χ1) is 31.0. The normalized spacial score (nSPS) is 12.7. The molecule has 1 aliphatic carbocycles. The lowest BCUT2D eigenvalue weighted by atomic mass is 9.82. The zero-order valence-electron chi connectivity index (χ0n) is 35.0. The number of benzene rings is 9. The molecule has 4 heteroatoms. The summed E-state index contributed by atoms with van der Waals surface area (Å²) in [5.74, 6) is 0.686. The molecule has 4 nitrogen and oxygen atoms in total. The SMILES string of the molecule is CC1(C)c2ccccc2-c2c(N(c3cccc(-c4ccccc4)c3)c3ccc4oc5c(-c6cccc(-c7nc(-c8ccccc8)c8ccccc8n7)c6)cccc5c4c3)cccc21. The molecule has 63 heavy (non-hydrogen) atoms. The van der Waals surface area contributed by atoms with Crippen molar-refractivity contribution in [2.24, 2.45) is 0 Å². The second kappa shape index (κ2) is 14.5. The van der Waals surface area contributed by atoms with E-state index in [2.05, 4.69) is 213 Å². The smallest absolute Gasteiger partial charge is 0.160 e. The lowest BCUT2D eigenvalue weighted by molar-refractivity contribution is 0.660. The van der Waals surface area contributed by atoms with E-state index in [1.54, 1.807) is 0 Å². The summed E-state index contributed by atoms with van der Waals surface area (Å²) >= 11 is 0. The predicted octanol–water partition coefficient (Wildman–Crippen LogP) is 16.0. The first kappa shape index (κ1) is 36.7. The maximum atomic E-state index is 6.84. The van der Waals surface area contributed by atoms with E-state index in [0.717, 1.165) is 77.9 Å². The Morgan fingerprint density at radius 3 is 1.94 bits per heavy atom. The highest BCUT2D eigenvalue weighted by atomic mass is 16.3. The van der Waals surface area contributed by atoms with Crippen molar-refractivity contribution >= 4 is 49.9 Å². The maximum absolute atomic E-state index is 6.84. The van der Waals surface area contributed by atoms with Crippen molar-refractivity contribution in [2.75, 3.05) is 4.90 Å². The molecule has 2 heterocycles. The van der Waals surface area contributed by atoms with Gasteiger partial charge in [0.2, 0.25) is 0 Å². The van der Waals surface area contributed by atoms with Crippen LogP contribution in [0.2, 0.25) is 0 Å². The van der Waals surface area contributed by atoms with E-state index in [1.807, 2.05) is 18.2 Å². The van der Waals surface area contributed by atoms with Crippen molar-refractivity contribution in [2.45, 2.75) is 19.3 Å². The van der Waals surface area contributed by atoms with Crippen molar-refractivity contribution in [3.05, 3.63) is 223 Å². The molecule has 0 fully saturated rings. The zero-order chi connectivity index (χ0) is 42.1. The van der Waals surface area contributed by atoms with Crippen LogP contribution in [-0.4, -0.2) is 9.97 Å². The highest BCUT2D eigenvalue weighted by Gasteiger charge is 2.37. The molecule has 1 aliphatic rings. The molecule has 12 rings (SSSR count). The molecule has 0 aliphatic heterocycles. The van der Waals surface area contributed by atoms with Crippen LogP contribution in [0.15, 0.2) is 217 Å². The molecule has 0 saturated heterocycles. The molecule has 11 aromatic rings. The van der Waals surface area contributed by atoms with E-state index in [0.29, 0.717) is 5.82 Å². The summed E-state index contributed by atoms with van der Waals surface area (Å²) in [6.45, 7) is 4.69. The number of nitrogens with zero attached hydrogens (tertiary/aromatic N) is 3. The van der Waals surface area contributed by atoms with Gasteiger partial charge >= 0.3 is 0 Å². The molecule has 0 unspecified atom stereocenters. The number of furan rings is 1. The minimum Gasteiger partial charge on any atom is -0.455 e. The van der Waals surface area contributed by atoms with Gasteiger partial charge in [-0.05, 0) is 81.9 Å². The number of hydrogen-bond donors (Lipinski definition) is 0. The molecule has 0 spiro atoms. The molecule has 0 radical (unpaired) electrons. The summed E-state index contributed by atoms with van der Waals surface area (Å²) in [5, 5.41) is 3.15. The Morgan fingerprint density at radius 1 is 0.429 bits per heavy atom. The average molecular weight is 808 g/mol. The second-order valence-electron chi connectivity index (χ2n) is 16.9. The van der Waals surface area contributed by atoms with Gasteiger partial charge in [0.1, 0.15) is 11.2 Å². The Hall–Kier alpha value is -8.08. The van der Waals surface area contributed by atoms with Crippen molar-refractivity contribution < 1.29 is 4.42 Å². The highest BCUT2D eigenvalue weighted by molar-refractivity contribution is 6.11. The molecule has 0 atom stereocenters. The summed E-state index contributed by atoms with van der Waals surface area (Å²) in [6, 6.07) is 75.4. The van der Waals surface area contributed by atoms with Crippen molar-refractivity contribution in [3.8, 4) is 56.0 Å². The lowest BCUT2D eigenvalue weighted by Crippen LogP contribution is -2.16.